The Morgan fingerprint density at radius 2 is 0.905 bits per heavy atom. The van der Waals surface area contributed by atoms with E-state index >= 15 is 0 Å². The normalized spacial score (nSPS) is 19.1. The third-order valence-corrected chi connectivity index (χ3v) is 28.8. The van der Waals surface area contributed by atoms with Crippen molar-refractivity contribution >= 4 is 118 Å². The van der Waals surface area contributed by atoms with Crippen molar-refractivity contribution in [2.24, 2.45) is 0 Å². The number of carboxylic acids is 2. The molecule has 0 radical (unpaired) electrons. The van der Waals surface area contributed by atoms with Crippen LogP contribution in [0.1, 0.15) is 172 Å². The minimum absolute atomic E-state index is 0.00576. The van der Waals surface area contributed by atoms with Gasteiger partial charge in [-0.05, 0) is 221 Å². The SMILES string of the molecule is CC1=CC(C)(C)N(C)c2cc3c(cc21)C(c1cc(C(=O)ON2C(=O)CCC2=O)ccc1C(=O)[O-])=c1cc2c(cc1[Si]3(C)C)=[N+](C)C(C)(C)C=C2C.CC1=CC(C)(C)N(C)c2cc3c(cc21)C(c1cc(OC=O)ccc1C(=O)[O-])=c1cc2c(cc1[Si]3(C)C)=[N+](C)C(C)(C)C=C2C. The second-order valence-electron chi connectivity index (χ2n) is 30.0. The van der Waals surface area contributed by atoms with Crippen molar-refractivity contribution in [3.63, 3.8) is 0 Å². The van der Waals surface area contributed by atoms with E-state index in [0.29, 0.717) is 28.2 Å². The number of imide groups is 1. The Bertz CT molecular complexity index is 4980. The maximum absolute atomic E-state index is 13.5. The molecular weight excluding hydrogens is 1220 g/mol. The zero-order valence-corrected chi connectivity index (χ0v) is 60.2. The lowest BCUT2D eigenvalue weighted by molar-refractivity contribution is -0.256. The molecule has 1 fully saturated rings. The van der Waals surface area contributed by atoms with E-state index in [1.165, 1.54) is 62.9 Å². The lowest BCUT2D eigenvalue weighted by Crippen LogP contribution is -2.64. The van der Waals surface area contributed by atoms with Crippen molar-refractivity contribution in [3.8, 4) is 5.75 Å². The van der Waals surface area contributed by atoms with Gasteiger partial charge in [0.15, 0.2) is 11.1 Å². The first-order chi connectivity index (χ1) is 44.2. The molecule has 7 aliphatic rings. The summed E-state index contributed by atoms with van der Waals surface area (Å²) in [5, 5.41) is 35.0. The topological polar surface area (TPSA) is 183 Å². The number of rotatable bonds is 8. The van der Waals surface area contributed by atoms with Crippen LogP contribution in [0.3, 0.4) is 0 Å². The molecule has 0 aromatic heterocycles. The van der Waals surface area contributed by atoms with E-state index in [1.807, 2.05) is 0 Å². The van der Waals surface area contributed by atoms with Crippen molar-refractivity contribution in [1.29, 1.82) is 0 Å². The summed E-state index contributed by atoms with van der Waals surface area (Å²) in [7, 11) is 3.64. The number of carbonyl (C=O) groups excluding carboxylic acids is 6. The molecule has 13 rings (SSSR count). The van der Waals surface area contributed by atoms with Gasteiger partial charge in [-0.15, -0.1) is 5.06 Å². The van der Waals surface area contributed by atoms with Gasteiger partial charge in [-0.3, -0.25) is 14.4 Å². The number of likely N-dealkylation sites (N-methyl/N-ethyl adjacent to an activating group) is 4. The molecule has 2 amide bonds. The number of benzene rings is 6. The molecule has 0 N–H and O–H groups in total. The first-order valence-electron chi connectivity index (χ1n) is 32.4. The third-order valence-electron chi connectivity index (χ3n) is 21.8. The van der Waals surface area contributed by atoms with Gasteiger partial charge in [0.1, 0.15) is 36.0 Å². The van der Waals surface area contributed by atoms with Gasteiger partial charge >= 0.3 is 5.97 Å². The quantitative estimate of drug-likeness (QED) is 0.0807. The smallest absolute Gasteiger partial charge is 0.363 e. The van der Waals surface area contributed by atoms with Crippen molar-refractivity contribution in [2.75, 3.05) is 38.0 Å². The Morgan fingerprint density at radius 1 is 0.505 bits per heavy atom. The molecule has 0 unspecified atom stereocenters. The highest BCUT2D eigenvalue weighted by atomic mass is 28.3. The summed E-state index contributed by atoms with van der Waals surface area (Å²) in [6.45, 7) is 36.0. The zero-order chi connectivity index (χ0) is 69.2. The second kappa shape index (κ2) is 22.1. The Morgan fingerprint density at radius 3 is 1.32 bits per heavy atom. The molecule has 17 heteroatoms. The number of carbonyl (C=O) groups is 6. The highest BCUT2D eigenvalue weighted by molar-refractivity contribution is 7.02. The van der Waals surface area contributed by atoms with Gasteiger partial charge in [0.2, 0.25) is 10.7 Å². The number of ether oxygens (including phenoxy) is 1. The lowest BCUT2D eigenvalue weighted by Gasteiger charge is -2.43. The highest BCUT2D eigenvalue weighted by Crippen LogP contribution is 2.43. The van der Waals surface area contributed by atoms with Gasteiger partial charge in [0, 0.05) is 112 Å². The van der Waals surface area contributed by atoms with Crippen LogP contribution in [-0.4, -0.2) is 108 Å². The van der Waals surface area contributed by atoms with Crippen LogP contribution in [-0.2, 0) is 19.2 Å². The summed E-state index contributed by atoms with van der Waals surface area (Å²) >= 11 is 0. The molecule has 488 valence electrons. The van der Waals surface area contributed by atoms with E-state index in [0.717, 1.165) is 82.0 Å². The Balaban J connectivity index is 0.000000184. The molecule has 7 heterocycles. The fraction of sp³-hybridized carbons (Fsp3) is 0.333. The first kappa shape index (κ1) is 65.7. The minimum atomic E-state index is -2.49. The van der Waals surface area contributed by atoms with E-state index in [-0.39, 0.29) is 57.4 Å². The Kier molecular flexibility index (Phi) is 15.3. The summed E-state index contributed by atoms with van der Waals surface area (Å²) in [5.41, 5.74) is 14.7. The molecular formula is C78H83N5O10Si2. The van der Waals surface area contributed by atoms with Crippen LogP contribution in [0.15, 0.2) is 109 Å². The van der Waals surface area contributed by atoms with Crippen molar-refractivity contribution < 1.29 is 48.6 Å². The van der Waals surface area contributed by atoms with Gasteiger partial charge < -0.3 is 39.2 Å². The number of anilines is 2. The van der Waals surface area contributed by atoms with Gasteiger partial charge in [-0.1, -0.05) is 44.4 Å². The number of carboxylic acid groups (broad SMARTS) is 2. The lowest BCUT2D eigenvalue weighted by atomic mass is 9.84. The van der Waals surface area contributed by atoms with Crippen LogP contribution in [0, 0.1) is 0 Å². The number of allylic oxidation sites excluding steroid dienone is 4. The van der Waals surface area contributed by atoms with Crippen molar-refractivity contribution in [3.05, 3.63) is 192 Å². The summed E-state index contributed by atoms with van der Waals surface area (Å²) < 4.78 is 9.87. The second-order valence-corrected chi connectivity index (χ2v) is 38.7. The Labute approximate surface area is 557 Å². The standard InChI is InChI=1S/C41H43N3O6Si.C37H40N2O4Si/c1-22-20-40(3,4)42(7)31-18-33-29(16-26(22)31)37(30-17-27-23(2)21-41(5,6)43(8)32(27)19-34(30)51(33,9)10)28-15-24(11-12-25(28)38(47)48)39(49)50-44-35(45)13-14-36(44)46;1-21-18-36(3,4)38(7)30-16-32-28(14-25(21)30)34(27-13-23(43-20-40)11-12-24(27)35(41)42)29-15-26-22(2)19-37(5,6)39(8)31(26)17-33(29)44(32,9)10/h11-12,15-21H,13-14H2,1-10H3;11-20H,1-10H3. The number of aromatic carboxylic acids is 2. The molecule has 0 spiro atoms. The zero-order valence-electron chi connectivity index (χ0n) is 58.2. The number of amides is 2. The highest BCUT2D eigenvalue weighted by Gasteiger charge is 2.44. The molecule has 6 aromatic rings. The molecule has 0 atom stereocenters. The summed E-state index contributed by atoms with van der Waals surface area (Å²) in [6.07, 6.45) is 8.98. The maximum atomic E-state index is 13.5. The average molecular weight is 1310 g/mol. The number of hydrogen-bond acceptors (Lipinski definition) is 12. The fourth-order valence-electron chi connectivity index (χ4n) is 15.7. The van der Waals surface area contributed by atoms with Gasteiger partial charge in [-0.25, -0.2) is 13.9 Å². The van der Waals surface area contributed by atoms with Gasteiger partial charge in [0.05, 0.1) is 28.6 Å². The summed E-state index contributed by atoms with van der Waals surface area (Å²) in [4.78, 5) is 84.8. The molecule has 6 aromatic carbocycles. The molecule has 0 aliphatic carbocycles. The molecule has 7 aliphatic heterocycles. The van der Waals surface area contributed by atoms with E-state index < -0.39 is 45.9 Å². The fourth-order valence-corrected chi connectivity index (χ4v) is 21.8. The predicted molar refractivity (Wildman–Crippen MR) is 378 cm³/mol. The number of hydroxylamine groups is 2. The van der Waals surface area contributed by atoms with Gasteiger partial charge in [0.25, 0.3) is 18.3 Å². The molecule has 0 saturated carbocycles. The van der Waals surface area contributed by atoms with Crippen LogP contribution in [0.4, 0.5) is 11.4 Å². The molecule has 1 saturated heterocycles. The van der Waals surface area contributed by atoms with E-state index in [1.54, 1.807) is 6.07 Å². The van der Waals surface area contributed by atoms with E-state index in [4.69, 9.17) is 9.57 Å². The van der Waals surface area contributed by atoms with Crippen molar-refractivity contribution in [1.82, 2.24) is 14.2 Å². The number of nitrogens with zero attached hydrogens (tertiary/aromatic N) is 5. The van der Waals surface area contributed by atoms with Crippen LogP contribution in [0.5, 0.6) is 5.75 Å². The summed E-state index contributed by atoms with van der Waals surface area (Å²) in [5.74, 6) is -4.51. The van der Waals surface area contributed by atoms with Crippen LogP contribution in [0.2, 0.25) is 26.2 Å². The van der Waals surface area contributed by atoms with E-state index in [9.17, 15) is 39.0 Å². The van der Waals surface area contributed by atoms with Gasteiger partial charge in [-0.2, -0.15) is 0 Å². The monoisotopic (exact) mass is 1310 g/mol. The first-order valence-corrected chi connectivity index (χ1v) is 38.4. The number of fused-ring (bicyclic) bond motifs is 8. The molecule has 0 bridgehead atoms. The minimum Gasteiger partial charge on any atom is -0.545 e. The number of hydrogen-bond donors (Lipinski definition) is 0. The largest absolute Gasteiger partial charge is 0.545 e. The molecule has 95 heavy (non-hydrogen) atoms. The van der Waals surface area contributed by atoms with Crippen molar-refractivity contribution in [2.45, 2.75) is 144 Å². The average Bonchev–Trinajstić information content (AvgIpc) is 0.910. The van der Waals surface area contributed by atoms with E-state index in [2.05, 4.69) is 229 Å². The van der Waals surface area contributed by atoms with Crippen LogP contribution in [0.25, 0.3) is 33.4 Å². The molecule has 15 nitrogen and oxygen atoms in total. The van der Waals surface area contributed by atoms with Crippen LogP contribution >= 0.6 is 0 Å². The third kappa shape index (κ3) is 10.3. The maximum Gasteiger partial charge on any atom is 0.363 e. The predicted octanol–water partition coefficient (Wildman–Crippen LogP) is 5.52. The van der Waals surface area contributed by atoms with Crippen LogP contribution < -0.4 is 75.8 Å². The Hall–Kier alpha value is -9.33. The summed E-state index contributed by atoms with van der Waals surface area (Å²) in [6, 6.07) is 26.9.